The highest BCUT2D eigenvalue weighted by molar-refractivity contribution is 7.80. The van der Waals surface area contributed by atoms with Gasteiger partial charge >= 0.3 is 0 Å². The Kier molecular flexibility index (Phi) is 5.08. The lowest BCUT2D eigenvalue weighted by molar-refractivity contribution is -0.120. The van der Waals surface area contributed by atoms with Crippen molar-refractivity contribution in [3.8, 4) is 11.5 Å². The van der Waals surface area contributed by atoms with Crippen LogP contribution in [0, 0.1) is 5.92 Å². The number of thiocarbonyl (C=S) groups is 1. The van der Waals surface area contributed by atoms with E-state index >= 15 is 0 Å². The molecule has 1 fully saturated rings. The van der Waals surface area contributed by atoms with Crippen LogP contribution in [0.25, 0.3) is 0 Å². The maximum absolute atomic E-state index is 12.5. The Bertz CT molecular complexity index is 628. The second-order valence-electron chi connectivity index (χ2n) is 6.42. The van der Waals surface area contributed by atoms with E-state index in [9.17, 15) is 4.79 Å². The molecular weight excluding hydrogens is 326 g/mol. The number of carbonyl (C=O) groups excluding carboxylic acids is 1. The highest BCUT2D eigenvalue weighted by Gasteiger charge is 2.26. The Labute approximate surface area is 147 Å². The Morgan fingerprint density at radius 3 is 2.67 bits per heavy atom. The van der Waals surface area contributed by atoms with Gasteiger partial charge in [0.2, 0.25) is 12.7 Å². The van der Waals surface area contributed by atoms with Crippen LogP contribution in [0.5, 0.6) is 11.5 Å². The number of anilines is 1. The molecule has 0 saturated carbocycles. The predicted molar refractivity (Wildman–Crippen MR) is 96.4 cm³/mol. The molecule has 0 atom stereocenters. The molecule has 0 aliphatic carbocycles. The number of nitrogens with zero attached hydrogens (tertiary/aromatic N) is 1. The lowest BCUT2D eigenvalue weighted by atomic mass is 9.96. The average molecular weight is 349 g/mol. The van der Waals surface area contributed by atoms with Crippen molar-refractivity contribution in [2.75, 3.05) is 25.2 Å². The minimum Gasteiger partial charge on any atom is -0.454 e. The third-order valence-corrected chi connectivity index (χ3v) is 4.58. The molecule has 0 unspecified atom stereocenters. The van der Waals surface area contributed by atoms with E-state index in [1.54, 1.807) is 6.07 Å². The average Bonchev–Trinajstić information content (AvgIpc) is 3.02. The number of likely N-dealkylation sites (tertiary alicyclic amines) is 1. The molecule has 7 heteroatoms. The van der Waals surface area contributed by atoms with Crippen LogP contribution in [0.4, 0.5) is 5.69 Å². The number of hydrogen-bond donors (Lipinski definition) is 2. The van der Waals surface area contributed by atoms with Crippen molar-refractivity contribution in [3.05, 3.63) is 18.2 Å². The van der Waals surface area contributed by atoms with Crippen LogP contribution in [0.15, 0.2) is 18.2 Å². The fraction of sp³-hybridized carbons (Fsp3) is 0.529. The standard InChI is InChI=1S/C17H23N3O3S/c1-11(2)18-17(24)20-7-5-12(6-8-20)16(21)19-13-3-4-14-15(9-13)23-10-22-14/h3-4,9,11-12H,5-8,10H2,1-2H3,(H,18,24)(H,19,21). The topological polar surface area (TPSA) is 62.8 Å². The van der Waals surface area contributed by atoms with Gasteiger partial charge in [0.15, 0.2) is 16.6 Å². The van der Waals surface area contributed by atoms with Gasteiger partial charge in [0.05, 0.1) is 0 Å². The van der Waals surface area contributed by atoms with E-state index in [1.807, 2.05) is 12.1 Å². The van der Waals surface area contributed by atoms with Crippen molar-refractivity contribution in [2.24, 2.45) is 5.92 Å². The van der Waals surface area contributed by atoms with Crippen molar-refractivity contribution in [1.29, 1.82) is 0 Å². The van der Waals surface area contributed by atoms with Gasteiger partial charge in [-0.1, -0.05) is 0 Å². The van der Waals surface area contributed by atoms with Crippen LogP contribution in [-0.2, 0) is 4.79 Å². The molecule has 130 valence electrons. The molecule has 6 nitrogen and oxygen atoms in total. The third-order valence-electron chi connectivity index (χ3n) is 4.21. The number of rotatable bonds is 3. The van der Waals surface area contributed by atoms with Crippen LogP contribution in [0.3, 0.4) is 0 Å². The van der Waals surface area contributed by atoms with Gasteiger partial charge in [-0.05, 0) is 51.0 Å². The van der Waals surface area contributed by atoms with Crippen LogP contribution in [-0.4, -0.2) is 41.8 Å². The highest BCUT2D eigenvalue weighted by Crippen LogP contribution is 2.34. The fourth-order valence-electron chi connectivity index (χ4n) is 2.90. The van der Waals surface area contributed by atoms with Gasteiger partial charge in [0.25, 0.3) is 0 Å². The molecule has 1 amide bonds. The van der Waals surface area contributed by atoms with E-state index in [4.69, 9.17) is 21.7 Å². The van der Waals surface area contributed by atoms with Gasteiger partial charge < -0.3 is 25.0 Å². The first kappa shape index (κ1) is 16.8. The zero-order valence-corrected chi connectivity index (χ0v) is 14.8. The van der Waals surface area contributed by atoms with Crippen molar-refractivity contribution in [1.82, 2.24) is 10.2 Å². The predicted octanol–water partition coefficient (Wildman–Crippen LogP) is 2.35. The zero-order valence-electron chi connectivity index (χ0n) is 14.0. The summed E-state index contributed by atoms with van der Waals surface area (Å²) in [7, 11) is 0. The second kappa shape index (κ2) is 7.25. The van der Waals surface area contributed by atoms with E-state index in [2.05, 4.69) is 29.4 Å². The molecule has 0 radical (unpaired) electrons. The van der Waals surface area contributed by atoms with Crippen molar-refractivity contribution >= 4 is 28.9 Å². The zero-order chi connectivity index (χ0) is 17.1. The summed E-state index contributed by atoms with van der Waals surface area (Å²) in [5, 5.41) is 7.00. The van der Waals surface area contributed by atoms with Crippen molar-refractivity contribution in [2.45, 2.75) is 32.7 Å². The SMILES string of the molecule is CC(C)NC(=S)N1CCC(C(=O)Nc2ccc3c(c2)OCO3)CC1. The number of hydrogen-bond acceptors (Lipinski definition) is 4. The number of ether oxygens (including phenoxy) is 2. The van der Waals surface area contributed by atoms with Gasteiger partial charge in [-0.2, -0.15) is 0 Å². The maximum atomic E-state index is 12.5. The van der Waals surface area contributed by atoms with E-state index < -0.39 is 0 Å². The summed E-state index contributed by atoms with van der Waals surface area (Å²) in [5.74, 6) is 1.45. The van der Waals surface area contributed by atoms with Gasteiger partial charge in [-0.25, -0.2) is 0 Å². The molecule has 0 bridgehead atoms. The number of carbonyl (C=O) groups is 1. The van der Waals surface area contributed by atoms with Gasteiger partial charge in [-0.3, -0.25) is 4.79 Å². The van der Waals surface area contributed by atoms with Crippen molar-refractivity contribution in [3.63, 3.8) is 0 Å². The monoisotopic (exact) mass is 349 g/mol. The Morgan fingerprint density at radius 2 is 1.96 bits per heavy atom. The first-order valence-corrected chi connectivity index (χ1v) is 8.69. The molecular formula is C17H23N3O3S. The normalized spacial score (nSPS) is 17.0. The molecule has 2 aliphatic heterocycles. The van der Waals surface area contributed by atoms with E-state index in [0.29, 0.717) is 17.5 Å². The van der Waals surface area contributed by atoms with Crippen LogP contribution in [0.1, 0.15) is 26.7 Å². The molecule has 1 aromatic rings. The van der Waals surface area contributed by atoms with E-state index in [0.717, 1.165) is 36.7 Å². The summed E-state index contributed by atoms with van der Waals surface area (Å²) in [6, 6.07) is 5.78. The Balaban J connectivity index is 1.51. The number of piperidine rings is 1. The maximum Gasteiger partial charge on any atom is 0.231 e. The van der Waals surface area contributed by atoms with Gasteiger partial charge in [0.1, 0.15) is 0 Å². The molecule has 24 heavy (non-hydrogen) atoms. The molecule has 3 rings (SSSR count). The summed E-state index contributed by atoms with van der Waals surface area (Å²) < 4.78 is 10.6. The highest BCUT2D eigenvalue weighted by atomic mass is 32.1. The fourth-order valence-corrected chi connectivity index (χ4v) is 3.32. The summed E-state index contributed by atoms with van der Waals surface area (Å²) >= 11 is 5.39. The first-order valence-electron chi connectivity index (χ1n) is 8.29. The Hall–Kier alpha value is -2.02. The molecule has 1 saturated heterocycles. The first-order chi connectivity index (χ1) is 11.5. The minimum atomic E-state index is 0.00789. The number of fused-ring (bicyclic) bond motifs is 1. The summed E-state index contributed by atoms with van der Waals surface area (Å²) in [4.78, 5) is 14.6. The third kappa shape index (κ3) is 3.90. The number of amides is 1. The molecule has 0 spiro atoms. The smallest absolute Gasteiger partial charge is 0.231 e. The minimum absolute atomic E-state index is 0.00789. The largest absolute Gasteiger partial charge is 0.454 e. The molecule has 0 aromatic heterocycles. The second-order valence-corrected chi connectivity index (χ2v) is 6.81. The van der Waals surface area contributed by atoms with E-state index in [1.165, 1.54) is 0 Å². The van der Waals surface area contributed by atoms with Crippen LogP contribution >= 0.6 is 12.2 Å². The Morgan fingerprint density at radius 1 is 1.25 bits per heavy atom. The van der Waals surface area contributed by atoms with Gasteiger partial charge in [-0.15, -0.1) is 0 Å². The van der Waals surface area contributed by atoms with Crippen LogP contribution < -0.4 is 20.1 Å². The summed E-state index contributed by atoms with van der Waals surface area (Å²) in [6.07, 6.45) is 1.60. The lowest BCUT2D eigenvalue weighted by Crippen LogP contribution is -2.47. The molecule has 2 aliphatic rings. The van der Waals surface area contributed by atoms with E-state index in [-0.39, 0.29) is 18.6 Å². The summed E-state index contributed by atoms with van der Waals surface area (Å²) in [5.41, 5.74) is 0.740. The van der Waals surface area contributed by atoms with Gasteiger partial charge in [0, 0.05) is 36.8 Å². The molecule has 2 heterocycles. The number of nitrogens with one attached hydrogen (secondary N) is 2. The molecule has 2 N–H and O–H groups in total. The number of benzene rings is 1. The van der Waals surface area contributed by atoms with Crippen molar-refractivity contribution < 1.29 is 14.3 Å². The summed E-state index contributed by atoms with van der Waals surface area (Å²) in [6.45, 7) is 5.97. The quantitative estimate of drug-likeness (QED) is 0.817. The lowest BCUT2D eigenvalue weighted by Gasteiger charge is -2.33. The van der Waals surface area contributed by atoms with Crippen LogP contribution in [0.2, 0.25) is 0 Å². The molecule has 1 aromatic carbocycles.